The highest BCUT2D eigenvalue weighted by Gasteiger charge is 2.37. The van der Waals surface area contributed by atoms with E-state index in [1.807, 2.05) is 6.92 Å². The van der Waals surface area contributed by atoms with E-state index in [0.717, 1.165) is 0 Å². The summed E-state index contributed by atoms with van der Waals surface area (Å²) in [6.07, 6.45) is 0.656. The minimum absolute atomic E-state index is 0.144. The first-order valence-electron chi connectivity index (χ1n) is 5.69. The van der Waals surface area contributed by atoms with E-state index in [2.05, 4.69) is 10.6 Å². The zero-order valence-electron chi connectivity index (χ0n) is 10.3. The molecule has 0 aliphatic carbocycles. The summed E-state index contributed by atoms with van der Waals surface area (Å²) in [4.78, 5) is 23.3. The number of ketones is 1. The van der Waals surface area contributed by atoms with E-state index in [-0.39, 0.29) is 24.5 Å². The van der Waals surface area contributed by atoms with Gasteiger partial charge < -0.3 is 15.4 Å². The standard InChI is InChI=1S/C11H18N2O3S/c1-4-16-10(15)9(7(3)14)8-5-6(2)12-11(17)13-8/h6,8-9H,4-5H2,1-3H3,(H2,12,13,17)/t6-,8+,9-/m1/s1. The van der Waals surface area contributed by atoms with Crippen LogP contribution in [0.4, 0.5) is 0 Å². The van der Waals surface area contributed by atoms with E-state index in [1.54, 1.807) is 6.92 Å². The fourth-order valence-electron chi connectivity index (χ4n) is 2.00. The number of rotatable bonds is 4. The average molecular weight is 258 g/mol. The molecule has 0 amide bonds. The van der Waals surface area contributed by atoms with Gasteiger partial charge in [0.25, 0.3) is 0 Å². The van der Waals surface area contributed by atoms with Crippen LogP contribution in [0.25, 0.3) is 0 Å². The molecule has 1 fully saturated rings. The molecule has 0 aromatic rings. The number of carbonyl (C=O) groups excluding carboxylic acids is 2. The fourth-order valence-corrected chi connectivity index (χ4v) is 2.35. The lowest BCUT2D eigenvalue weighted by Crippen LogP contribution is -2.58. The van der Waals surface area contributed by atoms with Gasteiger partial charge in [0.05, 0.1) is 12.6 Å². The Morgan fingerprint density at radius 1 is 1.53 bits per heavy atom. The van der Waals surface area contributed by atoms with Gasteiger partial charge in [0.1, 0.15) is 11.7 Å². The summed E-state index contributed by atoms with van der Waals surface area (Å²) < 4.78 is 4.93. The predicted molar refractivity (Wildman–Crippen MR) is 67.5 cm³/mol. The monoisotopic (exact) mass is 258 g/mol. The van der Waals surface area contributed by atoms with Crippen molar-refractivity contribution in [3.63, 3.8) is 0 Å². The van der Waals surface area contributed by atoms with Gasteiger partial charge in [-0.1, -0.05) is 0 Å². The Morgan fingerprint density at radius 3 is 2.65 bits per heavy atom. The molecule has 1 saturated heterocycles. The van der Waals surface area contributed by atoms with Crippen LogP contribution in [0.2, 0.25) is 0 Å². The molecular weight excluding hydrogens is 240 g/mol. The van der Waals surface area contributed by atoms with Gasteiger partial charge in [-0.05, 0) is 39.4 Å². The molecule has 1 aliphatic rings. The maximum absolute atomic E-state index is 11.8. The van der Waals surface area contributed by atoms with E-state index in [4.69, 9.17) is 17.0 Å². The van der Waals surface area contributed by atoms with Gasteiger partial charge >= 0.3 is 5.97 Å². The third-order valence-electron chi connectivity index (χ3n) is 2.68. The predicted octanol–water partition coefficient (Wildman–Crippen LogP) is 0.380. The third kappa shape index (κ3) is 3.66. The quantitative estimate of drug-likeness (QED) is 0.432. The van der Waals surface area contributed by atoms with Crippen molar-refractivity contribution in [1.29, 1.82) is 0 Å². The second-order valence-corrected chi connectivity index (χ2v) is 4.61. The molecule has 3 atom stereocenters. The molecule has 1 aliphatic heterocycles. The summed E-state index contributed by atoms with van der Waals surface area (Å²) in [6.45, 7) is 5.35. The summed E-state index contributed by atoms with van der Waals surface area (Å²) in [5, 5.41) is 6.47. The van der Waals surface area contributed by atoms with Gasteiger partial charge in [-0.3, -0.25) is 9.59 Å². The number of Topliss-reactive ketones (excluding diaryl/α,β-unsaturated/α-hetero) is 1. The first-order chi connectivity index (χ1) is 7.95. The highest BCUT2D eigenvalue weighted by Crippen LogP contribution is 2.16. The SMILES string of the molecule is CCOC(=O)[C@H](C(C)=O)[C@@H]1C[C@@H](C)NC(=S)N1. The Bertz CT molecular complexity index is 333. The molecule has 0 aromatic carbocycles. The lowest BCUT2D eigenvalue weighted by Gasteiger charge is -2.34. The second kappa shape index (κ2) is 5.95. The topological polar surface area (TPSA) is 67.4 Å². The van der Waals surface area contributed by atoms with E-state index >= 15 is 0 Å². The minimum Gasteiger partial charge on any atom is -0.465 e. The molecule has 17 heavy (non-hydrogen) atoms. The van der Waals surface area contributed by atoms with Gasteiger partial charge in [-0.2, -0.15) is 0 Å². The lowest BCUT2D eigenvalue weighted by atomic mass is 9.90. The number of thiocarbonyl (C=S) groups is 1. The molecule has 0 saturated carbocycles. The molecule has 0 bridgehead atoms. The van der Waals surface area contributed by atoms with Crippen LogP contribution in [-0.2, 0) is 14.3 Å². The molecule has 2 N–H and O–H groups in total. The third-order valence-corrected chi connectivity index (χ3v) is 2.92. The van der Waals surface area contributed by atoms with Crippen molar-refractivity contribution in [3.8, 4) is 0 Å². The highest BCUT2D eigenvalue weighted by molar-refractivity contribution is 7.80. The summed E-state index contributed by atoms with van der Waals surface area (Å²) in [5.74, 6) is -1.45. The molecule has 96 valence electrons. The lowest BCUT2D eigenvalue weighted by molar-refractivity contribution is -0.152. The first-order valence-corrected chi connectivity index (χ1v) is 6.10. The van der Waals surface area contributed by atoms with E-state index in [9.17, 15) is 9.59 Å². The van der Waals surface area contributed by atoms with E-state index in [0.29, 0.717) is 11.5 Å². The number of carbonyl (C=O) groups is 2. The Hall–Kier alpha value is -1.17. The van der Waals surface area contributed by atoms with Crippen LogP contribution in [0.1, 0.15) is 27.2 Å². The van der Waals surface area contributed by atoms with Crippen molar-refractivity contribution in [2.45, 2.75) is 39.3 Å². The summed E-state index contributed by atoms with van der Waals surface area (Å²) in [5.41, 5.74) is 0. The Morgan fingerprint density at radius 2 is 2.18 bits per heavy atom. The van der Waals surface area contributed by atoms with Crippen LogP contribution < -0.4 is 10.6 Å². The molecule has 6 heteroatoms. The number of hydrogen-bond donors (Lipinski definition) is 2. The smallest absolute Gasteiger partial charge is 0.318 e. The minimum atomic E-state index is -0.780. The molecule has 0 unspecified atom stereocenters. The summed E-state index contributed by atoms with van der Waals surface area (Å²) in [7, 11) is 0. The molecule has 0 radical (unpaired) electrons. The van der Waals surface area contributed by atoms with Crippen molar-refractivity contribution >= 4 is 29.1 Å². The Balaban J connectivity index is 2.79. The van der Waals surface area contributed by atoms with E-state index in [1.165, 1.54) is 6.92 Å². The second-order valence-electron chi connectivity index (χ2n) is 4.20. The van der Waals surface area contributed by atoms with Crippen molar-refractivity contribution in [3.05, 3.63) is 0 Å². The van der Waals surface area contributed by atoms with Gasteiger partial charge in [0.15, 0.2) is 5.11 Å². The molecule has 1 heterocycles. The van der Waals surface area contributed by atoms with E-state index < -0.39 is 11.9 Å². The van der Waals surface area contributed by atoms with Crippen LogP contribution in [-0.4, -0.2) is 35.6 Å². The van der Waals surface area contributed by atoms with Crippen LogP contribution in [0, 0.1) is 5.92 Å². The molecule has 5 nitrogen and oxygen atoms in total. The van der Waals surface area contributed by atoms with Crippen LogP contribution in [0.15, 0.2) is 0 Å². The van der Waals surface area contributed by atoms with Crippen molar-refractivity contribution in [2.75, 3.05) is 6.61 Å². The van der Waals surface area contributed by atoms with Crippen molar-refractivity contribution in [1.82, 2.24) is 10.6 Å². The van der Waals surface area contributed by atoms with Crippen LogP contribution in [0.3, 0.4) is 0 Å². The van der Waals surface area contributed by atoms with Gasteiger partial charge in [-0.15, -0.1) is 0 Å². The Labute approximate surface area is 106 Å². The first kappa shape index (κ1) is 13.9. The van der Waals surface area contributed by atoms with Crippen LogP contribution >= 0.6 is 12.2 Å². The zero-order chi connectivity index (χ0) is 13.0. The average Bonchev–Trinajstić information content (AvgIpc) is 2.15. The van der Waals surface area contributed by atoms with Gasteiger partial charge in [0, 0.05) is 6.04 Å². The fraction of sp³-hybridized carbons (Fsp3) is 0.727. The maximum Gasteiger partial charge on any atom is 0.318 e. The van der Waals surface area contributed by atoms with Crippen molar-refractivity contribution in [2.24, 2.45) is 5.92 Å². The number of hydrogen-bond acceptors (Lipinski definition) is 4. The molecular formula is C11H18N2O3S. The largest absolute Gasteiger partial charge is 0.465 e. The number of ether oxygens (including phenoxy) is 1. The van der Waals surface area contributed by atoms with Gasteiger partial charge in [0.2, 0.25) is 0 Å². The summed E-state index contributed by atoms with van der Waals surface area (Å²) >= 11 is 5.03. The van der Waals surface area contributed by atoms with Gasteiger partial charge in [-0.25, -0.2) is 0 Å². The zero-order valence-corrected chi connectivity index (χ0v) is 11.1. The number of esters is 1. The molecule has 0 spiro atoms. The van der Waals surface area contributed by atoms with Crippen LogP contribution in [0.5, 0.6) is 0 Å². The highest BCUT2D eigenvalue weighted by atomic mass is 32.1. The molecule has 1 rings (SSSR count). The summed E-state index contributed by atoms with van der Waals surface area (Å²) in [6, 6.07) is -0.139. The normalized spacial score (nSPS) is 25.5. The number of nitrogens with one attached hydrogen (secondary N) is 2. The molecule has 0 aromatic heterocycles. The Kier molecular flexibility index (Phi) is 4.86. The van der Waals surface area contributed by atoms with Crippen molar-refractivity contribution < 1.29 is 14.3 Å². The maximum atomic E-state index is 11.8.